The third kappa shape index (κ3) is 5.81. The summed E-state index contributed by atoms with van der Waals surface area (Å²) in [5.41, 5.74) is 3.03. The molecule has 2 heterocycles. The molecule has 138 valence electrons. The van der Waals surface area contributed by atoms with Gasteiger partial charge >= 0.3 is 0 Å². The van der Waals surface area contributed by atoms with Gasteiger partial charge in [0.15, 0.2) is 5.96 Å². The zero-order valence-electron chi connectivity index (χ0n) is 15.3. The van der Waals surface area contributed by atoms with Gasteiger partial charge in [0.25, 0.3) is 0 Å². The molecule has 0 saturated carbocycles. The van der Waals surface area contributed by atoms with E-state index in [-0.39, 0.29) is 0 Å². The van der Waals surface area contributed by atoms with Crippen LogP contribution in [0.2, 0.25) is 0 Å². The summed E-state index contributed by atoms with van der Waals surface area (Å²) in [4.78, 5) is 12.9. The second-order valence-electron chi connectivity index (χ2n) is 5.84. The highest BCUT2D eigenvalue weighted by atomic mass is 16.5. The fourth-order valence-corrected chi connectivity index (χ4v) is 2.49. The zero-order chi connectivity index (χ0) is 18.7. The molecule has 0 aliphatic rings. The molecule has 0 aliphatic carbocycles. The van der Waals surface area contributed by atoms with E-state index in [9.17, 15) is 0 Å². The third-order valence-electron chi connectivity index (χ3n) is 3.90. The number of nitrogens with one attached hydrogen (secondary N) is 2. The van der Waals surface area contributed by atoms with Gasteiger partial charge in [-0.25, -0.2) is 4.98 Å². The Morgan fingerprint density at radius 3 is 2.44 bits per heavy atom. The summed E-state index contributed by atoms with van der Waals surface area (Å²) in [6.07, 6.45) is 3.51. The summed E-state index contributed by atoms with van der Waals surface area (Å²) in [6, 6.07) is 19.8. The van der Waals surface area contributed by atoms with Gasteiger partial charge in [-0.1, -0.05) is 42.5 Å². The Kier molecular flexibility index (Phi) is 6.75. The molecule has 2 N–H and O–H groups in total. The van der Waals surface area contributed by atoms with Crippen molar-refractivity contribution in [2.45, 2.75) is 19.7 Å². The van der Waals surface area contributed by atoms with Gasteiger partial charge in [-0.15, -0.1) is 0 Å². The number of benzene rings is 1. The third-order valence-corrected chi connectivity index (χ3v) is 3.90. The highest BCUT2D eigenvalue weighted by Gasteiger charge is 2.07. The molecule has 3 rings (SSSR count). The average Bonchev–Trinajstić information content (AvgIpc) is 2.74. The highest BCUT2D eigenvalue weighted by molar-refractivity contribution is 5.79. The lowest BCUT2D eigenvalue weighted by atomic mass is 10.2. The highest BCUT2D eigenvalue weighted by Crippen LogP contribution is 2.15. The number of aromatic nitrogens is 2. The van der Waals surface area contributed by atoms with Crippen LogP contribution >= 0.6 is 0 Å². The molecule has 0 unspecified atom stereocenters. The lowest BCUT2D eigenvalue weighted by Crippen LogP contribution is -2.36. The largest absolute Gasteiger partial charge is 0.473 e. The maximum Gasteiger partial charge on any atom is 0.218 e. The molecule has 0 fully saturated rings. The van der Waals surface area contributed by atoms with Crippen LogP contribution in [0, 0.1) is 0 Å². The van der Waals surface area contributed by atoms with Gasteiger partial charge in [0.05, 0.1) is 12.2 Å². The molecular formula is C21H23N5O. The molecule has 0 saturated heterocycles. The summed E-state index contributed by atoms with van der Waals surface area (Å²) in [5.74, 6) is 1.31. The van der Waals surface area contributed by atoms with E-state index in [1.807, 2.05) is 60.7 Å². The zero-order valence-corrected chi connectivity index (χ0v) is 15.3. The number of guanidine groups is 1. The van der Waals surface area contributed by atoms with Crippen LogP contribution < -0.4 is 15.4 Å². The number of hydrogen-bond donors (Lipinski definition) is 2. The van der Waals surface area contributed by atoms with Crippen molar-refractivity contribution in [1.82, 2.24) is 20.6 Å². The predicted octanol–water partition coefficient (Wildman–Crippen LogP) is 2.92. The van der Waals surface area contributed by atoms with Gasteiger partial charge < -0.3 is 15.4 Å². The molecule has 0 bridgehead atoms. The van der Waals surface area contributed by atoms with Crippen molar-refractivity contribution in [2.75, 3.05) is 7.05 Å². The minimum Gasteiger partial charge on any atom is -0.473 e. The first-order valence-corrected chi connectivity index (χ1v) is 8.80. The van der Waals surface area contributed by atoms with Crippen molar-refractivity contribution in [2.24, 2.45) is 4.99 Å². The van der Waals surface area contributed by atoms with Gasteiger partial charge in [0.2, 0.25) is 5.88 Å². The van der Waals surface area contributed by atoms with E-state index >= 15 is 0 Å². The molecule has 27 heavy (non-hydrogen) atoms. The van der Waals surface area contributed by atoms with Crippen LogP contribution in [0.15, 0.2) is 78.0 Å². The topological polar surface area (TPSA) is 71.4 Å². The second kappa shape index (κ2) is 9.91. The van der Waals surface area contributed by atoms with Crippen LogP contribution in [-0.4, -0.2) is 23.0 Å². The number of nitrogens with zero attached hydrogens (tertiary/aromatic N) is 3. The molecule has 0 aliphatic heterocycles. The van der Waals surface area contributed by atoms with Gasteiger partial charge in [-0.2, -0.15) is 0 Å². The standard InChI is InChI=1S/C21H23N5O/c1-22-21(26-15-19-11-5-6-12-23-19)25-14-18-10-7-13-24-20(18)27-16-17-8-3-2-4-9-17/h2-13H,14-16H2,1H3,(H2,22,25,26). The Morgan fingerprint density at radius 2 is 1.67 bits per heavy atom. The molecule has 3 aromatic rings. The van der Waals surface area contributed by atoms with Crippen molar-refractivity contribution in [1.29, 1.82) is 0 Å². The Morgan fingerprint density at radius 1 is 0.889 bits per heavy atom. The number of hydrogen-bond acceptors (Lipinski definition) is 4. The predicted molar refractivity (Wildman–Crippen MR) is 106 cm³/mol. The van der Waals surface area contributed by atoms with Crippen LogP contribution in [0.4, 0.5) is 0 Å². The van der Waals surface area contributed by atoms with Crippen molar-refractivity contribution in [3.63, 3.8) is 0 Å². The molecule has 0 radical (unpaired) electrons. The molecule has 0 spiro atoms. The first-order chi connectivity index (χ1) is 13.3. The quantitative estimate of drug-likeness (QED) is 0.500. The Labute approximate surface area is 159 Å². The normalized spacial score (nSPS) is 11.1. The van der Waals surface area contributed by atoms with Crippen LogP contribution in [0.3, 0.4) is 0 Å². The Balaban J connectivity index is 1.55. The summed E-state index contributed by atoms with van der Waals surface area (Å²) in [5, 5.41) is 6.53. The van der Waals surface area contributed by atoms with Gasteiger partial charge in [0, 0.05) is 31.5 Å². The van der Waals surface area contributed by atoms with Gasteiger partial charge in [0.1, 0.15) is 6.61 Å². The van der Waals surface area contributed by atoms with Crippen molar-refractivity contribution < 1.29 is 4.74 Å². The summed E-state index contributed by atoms with van der Waals surface area (Å²) >= 11 is 0. The number of rotatable bonds is 7. The molecule has 0 amide bonds. The smallest absolute Gasteiger partial charge is 0.218 e. The summed E-state index contributed by atoms with van der Waals surface area (Å²) in [7, 11) is 1.74. The second-order valence-corrected chi connectivity index (χ2v) is 5.84. The van der Waals surface area contributed by atoms with Gasteiger partial charge in [-0.05, 0) is 23.8 Å². The number of aliphatic imine (C=N–C) groups is 1. The summed E-state index contributed by atoms with van der Waals surface area (Å²) in [6.45, 7) is 1.64. The van der Waals surface area contributed by atoms with E-state index in [1.54, 1.807) is 19.4 Å². The van der Waals surface area contributed by atoms with Crippen molar-refractivity contribution in [3.05, 3.63) is 89.9 Å². The first-order valence-electron chi connectivity index (χ1n) is 8.80. The first kappa shape index (κ1) is 18.4. The van der Waals surface area contributed by atoms with E-state index in [1.165, 1.54) is 0 Å². The summed E-state index contributed by atoms with van der Waals surface area (Å²) < 4.78 is 5.90. The van der Waals surface area contributed by atoms with E-state index in [4.69, 9.17) is 4.74 Å². The molecular weight excluding hydrogens is 338 g/mol. The minimum absolute atomic E-state index is 0.484. The van der Waals surface area contributed by atoms with Crippen LogP contribution in [-0.2, 0) is 19.7 Å². The molecule has 1 aromatic carbocycles. The van der Waals surface area contributed by atoms with Crippen molar-refractivity contribution >= 4 is 5.96 Å². The van der Waals surface area contributed by atoms with E-state index < -0.39 is 0 Å². The molecule has 0 atom stereocenters. The van der Waals surface area contributed by atoms with E-state index in [0.717, 1.165) is 16.8 Å². The monoisotopic (exact) mass is 361 g/mol. The van der Waals surface area contributed by atoms with Crippen LogP contribution in [0.25, 0.3) is 0 Å². The molecule has 2 aromatic heterocycles. The molecule has 6 heteroatoms. The lowest BCUT2D eigenvalue weighted by molar-refractivity contribution is 0.290. The Bertz CT molecular complexity index is 853. The van der Waals surface area contributed by atoms with Crippen LogP contribution in [0.1, 0.15) is 16.8 Å². The van der Waals surface area contributed by atoms with Gasteiger partial charge in [-0.3, -0.25) is 9.98 Å². The maximum atomic E-state index is 5.90. The fraction of sp³-hybridized carbons (Fsp3) is 0.190. The lowest BCUT2D eigenvalue weighted by Gasteiger charge is -2.14. The minimum atomic E-state index is 0.484. The average molecular weight is 361 g/mol. The maximum absolute atomic E-state index is 5.90. The number of ether oxygens (including phenoxy) is 1. The van der Waals surface area contributed by atoms with Crippen LogP contribution in [0.5, 0.6) is 5.88 Å². The Hall–Kier alpha value is -3.41. The van der Waals surface area contributed by atoms with E-state index in [0.29, 0.717) is 31.5 Å². The fourth-order valence-electron chi connectivity index (χ4n) is 2.49. The SMILES string of the molecule is CN=C(NCc1ccccn1)NCc1cccnc1OCc1ccccc1. The van der Waals surface area contributed by atoms with E-state index in [2.05, 4.69) is 25.6 Å². The van der Waals surface area contributed by atoms with Crippen molar-refractivity contribution in [3.8, 4) is 5.88 Å². The molecule has 6 nitrogen and oxygen atoms in total. The number of pyridine rings is 2.